The van der Waals surface area contributed by atoms with Gasteiger partial charge in [-0.3, -0.25) is 5.32 Å². The van der Waals surface area contributed by atoms with Crippen molar-refractivity contribution in [3.8, 4) is 0 Å². The van der Waals surface area contributed by atoms with Gasteiger partial charge in [-0.2, -0.15) is 0 Å². The monoisotopic (exact) mass is 323 g/mol. The summed E-state index contributed by atoms with van der Waals surface area (Å²) in [6, 6.07) is -0.321. The third-order valence-corrected chi connectivity index (χ3v) is 4.12. The van der Waals surface area contributed by atoms with Crippen LogP contribution in [0.2, 0.25) is 0 Å². The topological polar surface area (TPSA) is 92.9 Å². The van der Waals surface area contributed by atoms with Crippen molar-refractivity contribution >= 4 is 22.5 Å². The Kier molecular flexibility index (Phi) is 5.48. The Morgan fingerprint density at radius 1 is 1.36 bits per heavy atom. The average molecular weight is 323 g/mol. The van der Waals surface area contributed by atoms with Crippen molar-refractivity contribution < 1.29 is 9.32 Å². The Morgan fingerprint density at radius 3 is 2.77 bits per heavy atom. The molecule has 8 heteroatoms. The second-order valence-electron chi connectivity index (χ2n) is 5.26. The van der Waals surface area contributed by atoms with Crippen LogP contribution in [0.5, 0.6) is 0 Å². The first-order chi connectivity index (χ1) is 10.5. The standard InChI is InChI=1S/C14H21N5O2S/c1-5-6-12-17-18-14(22-12)16-13(20)15-8(2)7-11-9(3)19-21-10(11)4/h8H,5-7H2,1-4H3,(H2,15,16,18,20). The molecule has 0 aliphatic carbocycles. The number of hydrogen-bond donors (Lipinski definition) is 2. The summed E-state index contributed by atoms with van der Waals surface area (Å²) in [6.45, 7) is 7.79. The van der Waals surface area contributed by atoms with E-state index in [4.69, 9.17) is 4.52 Å². The Hall–Kier alpha value is -1.96. The predicted molar refractivity (Wildman–Crippen MR) is 85.2 cm³/mol. The molecule has 0 aliphatic rings. The van der Waals surface area contributed by atoms with E-state index in [-0.39, 0.29) is 12.1 Å². The smallest absolute Gasteiger partial charge is 0.321 e. The molecule has 2 aromatic rings. The highest BCUT2D eigenvalue weighted by molar-refractivity contribution is 7.15. The van der Waals surface area contributed by atoms with E-state index in [2.05, 4.69) is 32.9 Å². The number of hydrogen-bond acceptors (Lipinski definition) is 6. The van der Waals surface area contributed by atoms with E-state index in [1.54, 1.807) is 0 Å². The maximum atomic E-state index is 12.0. The number of nitrogens with one attached hydrogen (secondary N) is 2. The highest BCUT2D eigenvalue weighted by atomic mass is 32.1. The molecule has 1 atom stereocenters. The van der Waals surface area contributed by atoms with Gasteiger partial charge in [0.05, 0.1) is 5.69 Å². The van der Waals surface area contributed by atoms with Gasteiger partial charge in [0.1, 0.15) is 10.8 Å². The quantitative estimate of drug-likeness (QED) is 0.852. The van der Waals surface area contributed by atoms with E-state index in [9.17, 15) is 4.79 Å². The summed E-state index contributed by atoms with van der Waals surface area (Å²) in [4.78, 5) is 12.0. The zero-order chi connectivity index (χ0) is 16.1. The molecule has 0 saturated heterocycles. The fraction of sp³-hybridized carbons (Fsp3) is 0.571. The van der Waals surface area contributed by atoms with Crippen molar-refractivity contribution in [1.82, 2.24) is 20.7 Å². The lowest BCUT2D eigenvalue weighted by Gasteiger charge is -2.13. The molecular weight excluding hydrogens is 302 g/mol. The van der Waals surface area contributed by atoms with Crippen molar-refractivity contribution in [2.45, 2.75) is 53.0 Å². The van der Waals surface area contributed by atoms with Crippen molar-refractivity contribution in [3.05, 3.63) is 22.0 Å². The van der Waals surface area contributed by atoms with Gasteiger partial charge in [-0.05, 0) is 33.6 Å². The van der Waals surface area contributed by atoms with Crippen molar-refractivity contribution in [1.29, 1.82) is 0 Å². The Labute approximate surface area is 133 Å². The van der Waals surface area contributed by atoms with Crippen molar-refractivity contribution in [2.75, 3.05) is 5.32 Å². The molecule has 2 N–H and O–H groups in total. The lowest BCUT2D eigenvalue weighted by atomic mass is 10.1. The molecule has 2 rings (SSSR count). The number of nitrogens with zero attached hydrogens (tertiary/aromatic N) is 3. The zero-order valence-electron chi connectivity index (χ0n) is 13.3. The molecule has 1 unspecified atom stereocenters. The molecule has 120 valence electrons. The summed E-state index contributed by atoms with van der Waals surface area (Å²) in [7, 11) is 0. The van der Waals surface area contributed by atoms with E-state index < -0.39 is 0 Å². The van der Waals surface area contributed by atoms with Crippen LogP contribution in [-0.2, 0) is 12.8 Å². The number of rotatable bonds is 6. The van der Waals surface area contributed by atoms with Crippen molar-refractivity contribution in [3.63, 3.8) is 0 Å². The molecular formula is C14H21N5O2S. The average Bonchev–Trinajstić information content (AvgIpc) is 3.00. The molecule has 0 saturated carbocycles. The molecule has 22 heavy (non-hydrogen) atoms. The van der Waals surface area contributed by atoms with Gasteiger partial charge in [0, 0.05) is 18.0 Å². The fourth-order valence-electron chi connectivity index (χ4n) is 2.13. The van der Waals surface area contributed by atoms with Gasteiger partial charge in [0.15, 0.2) is 0 Å². The first kappa shape index (κ1) is 16.4. The van der Waals surface area contributed by atoms with Crippen LogP contribution in [0.3, 0.4) is 0 Å². The molecule has 2 amide bonds. The van der Waals surface area contributed by atoms with Crippen LogP contribution in [-0.4, -0.2) is 27.4 Å². The number of anilines is 1. The van der Waals surface area contributed by atoms with Gasteiger partial charge in [-0.1, -0.05) is 23.4 Å². The minimum absolute atomic E-state index is 0.0418. The summed E-state index contributed by atoms with van der Waals surface area (Å²) < 4.78 is 5.13. The molecule has 0 aliphatic heterocycles. The number of aromatic nitrogens is 3. The van der Waals surface area contributed by atoms with Gasteiger partial charge in [0.2, 0.25) is 5.13 Å². The second kappa shape index (κ2) is 7.35. The van der Waals surface area contributed by atoms with Crippen LogP contribution in [0, 0.1) is 13.8 Å². The molecule has 2 aromatic heterocycles. The number of amides is 2. The number of aryl methyl sites for hydroxylation is 3. The van der Waals surface area contributed by atoms with E-state index in [0.717, 1.165) is 34.9 Å². The van der Waals surface area contributed by atoms with Gasteiger partial charge in [0.25, 0.3) is 0 Å². The fourth-order valence-corrected chi connectivity index (χ4v) is 2.96. The van der Waals surface area contributed by atoms with Gasteiger partial charge >= 0.3 is 6.03 Å². The maximum absolute atomic E-state index is 12.0. The summed E-state index contributed by atoms with van der Waals surface area (Å²) in [5.41, 5.74) is 1.90. The molecule has 0 aromatic carbocycles. The van der Waals surface area contributed by atoms with E-state index >= 15 is 0 Å². The molecule has 0 spiro atoms. The lowest BCUT2D eigenvalue weighted by Crippen LogP contribution is -2.37. The zero-order valence-corrected chi connectivity index (χ0v) is 14.1. The third kappa shape index (κ3) is 4.27. The van der Waals surface area contributed by atoms with E-state index in [0.29, 0.717) is 11.6 Å². The van der Waals surface area contributed by atoms with Crippen LogP contribution in [0.15, 0.2) is 4.52 Å². The first-order valence-corrected chi connectivity index (χ1v) is 8.12. The summed E-state index contributed by atoms with van der Waals surface area (Å²) in [5, 5.41) is 19.0. The normalized spacial score (nSPS) is 12.2. The summed E-state index contributed by atoms with van der Waals surface area (Å²) >= 11 is 1.40. The van der Waals surface area contributed by atoms with Crippen LogP contribution >= 0.6 is 11.3 Å². The van der Waals surface area contributed by atoms with Crippen LogP contribution < -0.4 is 10.6 Å². The number of carbonyl (C=O) groups is 1. The SMILES string of the molecule is CCCc1nnc(NC(=O)NC(C)Cc2c(C)noc2C)s1. The summed E-state index contributed by atoms with van der Waals surface area (Å²) in [5.74, 6) is 0.792. The molecule has 0 bridgehead atoms. The molecule has 7 nitrogen and oxygen atoms in total. The Bertz CT molecular complexity index is 617. The number of urea groups is 1. The first-order valence-electron chi connectivity index (χ1n) is 7.31. The highest BCUT2D eigenvalue weighted by Gasteiger charge is 2.15. The number of carbonyl (C=O) groups excluding carboxylic acids is 1. The second-order valence-corrected chi connectivity index (χ2v) is 6.32. The minimum Gasteiger partial charge on any atom is -0.361 e. The van der Waals surface area contributed by atoms with Gasteiger partial charge < -0.3 is 9.84 Å². The van der Waals surface area contributed by atoms with Crippen LogP contribution in [0.25, 0.3) is 0 Å². The predicted octanol–water partition coefficient (Wildman–Crippen LogP) is 2.85. The van der Waals surface area contributed by atoms with Crippen LogP contribution in [0.1, 0.15) is 42.3 Å². The minimum atomic E-state index is -0.279. The summed E-state index contributed by atoms with van der Waals surface area (Å²) in [6.07, 6.45) is 2.56. The Balaban J connectivity index is 1.85. The third-order valence-electron chi connectivity index (χ3n) is 3.22. The van der Waals surface area contributed by atoms with E-state index in [1.165, 1.54) is 11.3 Å². The van der Waals surface area contributed by atoms with Gasteiger partial charge in [-0.25, -0.2) is 4.79 Å². The molecule has 0 fully saturated rings. The van der Waals surface area contributed by atoms with Gasteiger partial charge in [-0.15, -0.1) is 10.2 Å². The van der Waals surface area contributed by atoms with Crippen LogP contribution in [0.4, 0.5) is 9.93 Å². The molecule has 2 heterocycles. The van der Waals surface area contributed by atoms with E-state index in [1.807, 2.05) is 20.8 Å². The highest BCUT2D eigenvalue weighted by Crippen LogP contribution is 2.17. The lowest BCUT2D eigenvalue weighted by molar-refractivity contribution is 0.249. The largest absolute Gasteiger partial charge is 0.361 e. The van der Waals surface area contributed by atoms with Crippen molar-refractivity contribution in [2.24, 2.45) is 0 Å². The molecule has 0 radical (unpaired) electrons. The maximum Gasteiger partial charge on any atom is 0.321 e. The Morgan fingerprint density at radius 2 is 2.14 bits per heavy atom.